The highest BCUT2D eigenvalue weighted by Crippen LogP contribution is 2.58. The number of carbonyl (C=O) groups is 2. The van der Waals surface area contributed by atoms with Crippen molar-refractivity contribution in [1.82, 2.24) is 34.7 Å². The lowest BCUT2D eigenvalue weighted by molar-refractivity contribution is -0.121. The van der Waals surface area contributed by atoms with Gasteiger partial charge in [0, 0.05) is 61.2 Å². The highest BCUT2D eigenvalue weighted by atomic mass is 32.2. The summed E-state index contributed by atoms with van der Waals surface area (Å²) in [7, 11) is -15.2. The zero-order valence-electron chi connectivity index (χ0n) is 37.6. The number of alkyl carbamates (subject to hydrolysis) is 1. The number of benzene rings is 2. The summed E-state index contributed by atoms with van der Waals surface area (Å²) in [6.07, 6.45) is -2.26. The van der Waals surface area contributed by atoms with Gasteiger partial charge in [0.1, 0.15) is 48.2 Å². The topological polar surface area (TPSA) is 362 Å². The Morgan fingerprint density at radius 3 is 2.58 bits per heavy atom. The summed E-state index contributed by atoms with van der Waals surface area (Å²) in [4.78, 5) is 73.0. The fourth-order valence-electron chi connectivity index (χ4n) is 9.33. The van der Waals surface area contributed by atoms with Gasteiger partial charge >= 0.3 is 21.7 Å². The first-order valence-corrected chi connectivity index (χ1v) is 26.6. The number of phosphoric ester groups is 1. The van der Waals surface area contributed by atoms with Gasteiger partial charge in [-0.3, -0.25) is 18.4 Å². The van der Waals surface area contributed by atoms with Crippen LogP contribution in [0.5, 0.6) is 11.5 Å². The molecule has 1 fully saturated rings. The van der Waals surface area contributed by atoms with E-state index in [9.17, 15) is 41.7 Å². The van der Waals surface area contributed by atoms with Crippen LogP contribution in [0, 0.1) is 0 Å². The van der Waals surface area contributed by atoms with Crippen LogP contribution in [0.25, 0.3) is 11.2 Å². The molecule has 2 unspecified atom stereocenters. The zero-order chi connectivity index (χ0) is 49.6. The maximum Gasteiger partial charge on any atom is 0.481 e. The Morgan fingerprint density at radius 1 is 1.07 bits per heavy atom. The van der Waals surface area contributed by atoms with Gasteiger partial charge in [-0.2, -0.15) is 12.7 Å². The third-order valence-corrected chi connectivity index (χ3v) is 15.2. The number of fused-ring (bicyclic) bond motifs is 5. The fraction of sp³-hybridized carbons (Fsp3) is 0.525. The second-order valence-electron chi connectivity index (χ2n) is 17.6. The predicted octanol–water partition coefficient (Wildman–Crippen LogP) is 1.06. The van der Waals surface area contributed by atoms with E-state index in [0.717, 1.165) is 37.6 Å². The molecule has 69 heavy (non-hydrogen) atoms. The number of nitrogens with two attached hydrogens (primary N) is 1. The van der Waals surface area contributed by atoms with Crippen LogP contribution < -0.4 is 41.3 Å². The molecule has 2 aromatic heterocycles. The van der Waals surface area contributed by atoms with Crippen molar-refractivity contribution in [2.45, 2.75) is 88.9 Å². The lowest BCUT2D eigenvalue weighted by Gasteiger charge is -2.48. The summed E-state index contributed by atoms with van der Waals surface area (Å²) in [5.74, 6) is -0.279. The smallest absolute Gasteiger partial charge is 0.452 e. The molecule has 2 amide bonds. The Labute approximate surface area is 394 Å². The molecule has 4 aliphatic rings. The first-order chi connectivity index (χ1) is 32.5. The van der Waals surface area contributed by atoms with Crippen molar-refractivity contribution in [2.75, 3.05) is 55.7 Å². The second kappa shape index (κ2) is 19.5. The Morgan fingerprint density at radius 2 is 1.84 bits per heavy atom. The van der Waals surface area contributed by atoms with E-state index in [-0.39, 0.29) is 42.4 Å². The van der Waals surface area contributed by atoms with Crippen LogP contribution in [0.4, 0.5) is 22.0 Å². The number of nitrogen functional groups attached to an aromatic ring is 1. The molecule has 6 heterocycles. The fourth-order valence-corrected chi connectivity index (χ4v) is 11.7. The lowest BCUT2D eigenvalue weighted by atomic mass is 9.79. The van der Waals surface area contributed by atoms with E-state index >= 15 is 0 Å². The summed E-state index contributed by atoms with van der Waals surface area (Å²) in [6, 6.07) is 7.74. The van der Waals surface area contributed by atoms with Crippen molar-refractivity contribution >= 4 is 66.1 Å². The average Bonchev–Trinajstić information content (AvgIpc) is 3.82. The number of ether oxygens (including phenoxy) is 3. The standard InChI is InChI=1S/C40H52N10O16P2S/c1-4-48-11-5-7-22-13-25-29(15-27(22)48)63-30-16-28-24(14-26(30)47-25)23(19-69(59,60)61)17-40(2,3)50(28)12-6-8-32(51)42-9-10-43-39(53)65-35-31(18-62-68(57,58)66-67(54,55)56)64-38(34(35)52)49-21-46-33-36(41)44-20-45-37(33)49/h13-16,20-21,23,31,34-35,38,52H,4-12,17-19H2,1-3H3,(H7-,41,42,43,44,45,51,53,54,55,56,57,58,59,60,61)/p+1/t23?,31-,34-,35-,38-/m1/s1. The number of amides is 2. The van der Waals surface area contributed by atoms with Crippen molar-refractivity contribution in [2.24, 2.45) is 4.99 Å². The number of aryl methyl sites for hydroxylation is 1. The number of nitrogens with one attached hydrogen (secondary N) is 2. The number of aliphatic hydroxyl groups excluding tert-OH is 1. The summed E-state index contributed by atoms with van der Waals surface area (Å²) >= 11 is 0. The number of phosphoric acid groups is 2. The second-order valence-corrected chi connectivity index (χ2v) is 21.9. The molecule has 6 atom stereocenters. The van der Waals surface area contributed by atoms with Crippen LogP contribution in [-0.4, -0.2) is 133 Å². The summed E-state index contributed by atoms with van der Waals surface area (Å²) in [6.45, 7) is 7.05. The largest absolute Gasteiger partial charge is 0.481 e. The molecule has 0 bridgehead atoms. The van der Waals surface area contributed by atoms with Gasteiger partial charge in [0.05, 0.1) is 24.8 Å². The van der Waals surface area contributed by atoms with Gasteiger partial charge in [-0.1, -0.05) is 0 Å². The van der Waals surface area contributed by atoms with Crippen molar-refractivity contribution in [1.29, 1.82) is 0 Å². The van der Waals surface area contributed by atoms with Gasteiger partial charge in [0.2, 0.25) is 11.3 Å². The van der Waals surface area contributed by atoms with Crippen LogP contribution >= 0.6 is 15.6 Å². The normalized spacial score (nSPS) is 22.6. The van der Waals surface area contributed by atoms with Gasteiger partial charge < -0.3 is 55.3 Å². The number of aliphatic hydroxyl groups is 1. The number of nitrogens with zero attached hydrogens (tertiary/aromatic N) is 7. The zero-order valence-corrected chi connectivity index (χ0v) is 40.2. The Hall–Kier alpha value is -5.18. The number of hydrogen-bond donors (Lipinski definition) is 8. The molecule has 26 nitrogen and oxygen atoms in total. The van der Waals surface area contributed by atoms with E-state index in [2.05, 4.69) is 46.3 Å². The van der Waals surface area contributed by atoms with E-state index < -0.39 is 80.2 Å². The number of carbonyl (C=O) groups excluding carboxylic acids is 2. The molecule has 1 saturated heterocycles. The monoisotopic (exact) mass is 1020 g/mol. The number of imidazole rings is 1. The molecule has 29 heteroatoms. The highest BCUT2D eigenvalue weighted by Gasteiger charge is 2.49. The van der Waals surface area contributed by atoms with Crippen LogP contribution in [0.2, 0.25) is 0 Å². The summed E-state index contributed by atoms with van der Waals surface area (Å²) < 4.78 is 87.7. The number of rotatable bonds is 17. The average molecular weight is 1020 g/mol. The third-order valence-electron chi connectivity index (χ3n) is 12.3. The Balaban J connectivity index is 0.890. The quantitative estimate of drug-likeness (QED) is 0.0279. The molecule has 9 N–H and O–H groups in total. The molecule has 2 aromatic carbocycles. The van der Waals surface area contributed by atoms with Gasteiger partial charge in [-0.25, -0.2) is 38.4 Å². The SMILES string of the molecule is CC[N+]1=c2cc3c(cc2CCC1)=Nc1cc2c(cc1O3)N(CCCC(=O)NCCNC(=O)O[C@H]1[C@@H](O)[C@H](n3cnc4c(N)ncnc43)O[C@@H]1COP(=O)(O)OP(=O)(O)O)C(C)(C)CC2CS(=O)(=O)O. The lowest BCUT2D eigenvalue weighted by Crippen LogP contribution is -2.50. The minimum atomic E-state index is -5.49. The van der Waals surface area contributed by atoms with Crippen LogP contribution in [0.1, 0.15) is 69.7 Å². The van der Waals surface area contributed by atoms with Gasteiger partial charge in [0.15, 0.2) is 35.3 Å². The maximum absolute atomic E-state index is 13.1. The molecule has 0 spiro atoms. The molecule has 0 saturated carbocycles. The molecule has 4 aromatic rings. The van der Waals surface area contributed by atoms with Crippen molar-refractivity contribution < 1.29 is 74.5 Å². The Kier molecular flexibility index (Phi) is 14.2. The summed E-state index contributed by atoms with van der Waals surface area (Å²) in [5.41, 5.74) is 8.62. The van der Waals surface area contributed by atoms with Gasteiger partial charge in [-0.05, 0) is 57.7 Å². The van der Waals surface area contributed by atoms with E-state index in [1.54, 1.807) is 0 Å². The van der Waals surface area contributed by atoms with Crippen LogP contribution in [0.15, 0.2) is 41.9 Å². The van der Waals surface area contributed by atoms with Crippen molar-refractivity contribution in [3.8, 4) is 11.5 Å². The first-order valence-electron chi connectivity index (χ1n) is 21.9. The predicted molar refractivity (Wildman–Crippen MR) is 243 cm³/mol. The maximum atomic E-state index is 13.1. The molecule has 8 rings (SSSR count). The molecular formula is C40H53N10O16P2S+. The molecular weight excluding hydrogens is 971 g/mol. The number of hydrogen-bond acceptors (Lipinski definition) is 18. The third kappa shape index (κ3) is 11.4. The number of anilines is 2. The van der Waals surface area contributed by atoms with E-state index in [4.69, 9.17) is 39.2 Å². The number of aromatic nitrogens is 4. The molecule has 4 aliphatic heterocycles. The van der Waals surface area contributed by atoms with Gasteiger partial charge in [-0.15, -0.1) is 0 Å². The van der Waals surface area contributed by atoms with E-state index in [0.29, 0.717) is 53.2 Å². The Bertz CT molecular complexity index is 3010. The van der Waals surface area contributed by atoms with Gasteiger partial charge in [0.25, 0.3) is 10.1 Å². The molecule has 0 radical (unpaired) electrons. The molecule has 0 aliphatic carbocycles. The van der Waals surface area contributed by atoms with Crippen LogP contribution in [0.3, 0.4) is 0 Å². The van der Waals surface area contributed by atoms with E-state index in [1.165, 1.54) is 16.5 Å². The van der Waals surface area contributed by atoms with Crippen molar-refractivity contribution in [3.05, 3.63) is 58.8 Å². The highest BCUT2D eigenvalue weighted by molar-refractivity contribution is 7.85. The molecule has 374 valence electrons. The van der Waals surface area contributed by atoms with Crippen LogP contribution in [-0.2, 0) is 48.8 Å². The minimum Gasteiger partial charge on any atom is -0.452 e. The first kappa shape index (κ1) is 50.2. The minimum absolute atomic E-state index is 0.00521. The van der Waals surface area contributed by atoms with Crippen molar-refractivity contribution in [3.63, 3.8) is 0 Å². The summed E-state index contributed by atoms with van der Waals surface area (Å²) in [5, 5.41) is 18.2. The van der Waals surface area contributed by atoms with E-state index in [1.807, 2.05) is 38.1 Å².